The number of carbonyl (C=O) groups excluding carboxylic acids is 2. The third-order valence-corrected chi connectivity index (χ3v) is 5.57. The third kappa shape index (κ3) is 4.37. The predicted octanol–water partition coefficient (Wildman–Crippen LogP) is 3.01. The number of nitrogens with one attached hydrogen (secondary N) is 2. The maximum atomic E-state index is 13.3. The van der Waals surface area contributed by atoms with Crippen LogP contribution in [0.4, 0.5) is 5.69 Å². The number of amides is 2. The SMILES string of the molecule is COCC(=O)Nc1cn[nH]c1[C@@H]1CCCN(C(=O)c2cc(C)n(C(C)C)c2C)C1. The van der Waals surface area contributed by atoms with Gasteiger partial charge in [0.15, 0.2) is 0 Å². The lowest BCUT2D eigenvalue weighted by Crippen LogP contribution is -2.39. The molecule has 2 aromatic heterocycles. The molecule has 2 aromatic rings. The van der Waals surface area contributed by atoms with Crippen LogP contribution in [0, 0.1) is 13.8 Å². The Bertz CT molecular complexity index is 883. The summed E-state index contributed by atoms with van der Waals surface area (Å²) in [6, 6.07) is 2.31. The zero-order valence-electron chi connectivity index (χ0n) is 17.9. The van der Waals surface area contributed by atoms with Crippen molar-refractivity contribution in [2.45, 2.75) is 52.5 Å². The maximum Gasteiger partial charge on any atom is 0.255 e. The molecule has 3 rings (SSSR count). The first-order valence-electron chi connectivity index (χ1n) is 10.1. The van der Waals surface area contributed by atoms with E-state index in [-0.39, 0.29) is 24.3 Å². The monoisotopic (exact) mass is 401 g/mol. The van der Waals surface area contributed by atoms with Gasteiger partial charge in [-0.3, -0.25) is 14.7 Å². The van der Waals surface area contributed by atoms with E-state index in [4.69, 9.17) is 4.74 Å². The molecule has 1 saturated heterocycles. The highest BCUT2D eigenvalue weighted by Crippen LogP contribution is 2.31. The fourth-order valence-corrected chi connectivity index (χ4v) is 4.38. The number of anilines is 1. The van der Waals surface area contributed by atoms with E-state index >= 15 is 0 Å². The van der Waals surface area contributed by atoms with E-state index in [0.29, 0.717) is 18.3 Å². The second-order valence-electron chi connectivity index (χ2n) is 8.02. The number of H-pyrrole nitrogens is 1. The minimum absolute atomic E-state index is 0.00857. The zero-order chi connectivity index (χ0) is 21.1. The van der Waals surface area contributed by atoms with Crippen LogP contribution in [0.25, 0.3) is 0 Å². The van der Waals surface area contributed by atoms with Gasteiger partial charge in [-0.2, -0.15) is 5.10 Å². The van der Waals surface area contributed by atoms with Gasteiger partial charge in [0.25, 0.3) is 5.91 Å². The second kappa shape index (κ2) is 8.82. The van der Waals surface area contributed by atoms with Crippen molar-refractivity contribution in [1.82, 2.24) is 19.7 Å². The molecular formula is C21H31N5O3. The molecular weight excluding hydrogens is 370 g/mol. The summed E-state index contributed by atoms with van der Waals surface area (Å²) in [6.45, 7) is 9.64. The van der Waals surface area contributed by atoms with Crippen molar-refractivity contribution >= 4 is 17.5 Å². The van der Waals surface area contributed by atoms with Crippen molar-refractivity contribution in [3.8, 4) is 0 Å². The van der Waals surface area contributed by atoms with Crippen molar-refractivity contribution in [3.05, 3.63) is 34.9 Å². The topological polar surface area (TPSA) is 92.2 Å². The lowest BCUT2D eigenvalue weighted by Gasteiger charge is -2.32. The van der Waals surface area contributed by atoms with Gasteiger partial charge in [0, 0.05) is 43.5 Å². The van der Waals surface area contributed by atoms with Gasteiger partial charge in [-0.05, 0) is 46.6 Å². The average molecular weight is 402 g/mol. The highest BCUT2D eigenvalue weighted by atomic mass is 16.5. The number of ether oxygens (including phenoxy) is 1. The van der Waals surface area contributed by atoms with Gasteiger partial charge in [-0.15, -0.1) is 0 Å². The summed E-state index contributed by atoms with van der Waals surface area (Å²) in [5, 5.41) is 9.95. The molecule has 8 nitrogen and oxygen atoms in total. The number of carbonyl (C=O) groups is 2. The number of rotatable bonds is 6. The summed E-state index contributed by atoms with van der Waals surface area (Å²) < 4.78 is 7.08. The number of methoxy groups -OCH3 is 1. The molecule has 1 aliphatic heterocycles. The molecule has 1 fully saturated rings. The Hall–Kier alpha value is -2.61. The van der Waals surface area contributed by atoms with Gasteiger partial charge in [0.1, 0.15) is 6.61 Å². The van der Waals surface area contributed by atoms with Crippen LogP contribution in [0.5, 0.6) is 0 Å². The first-order valence-corrected chi connectivity index (χ1v) is 10.1. The van der Waals surface area contributed by atoms with Crippen molar-refractivity contribution < 1.29 is 14.3 Å². The Labute approximate surface area is 171 Å². The van der Waals surface area contributed by atoms with Gasteiger partial charge in [-0.25, -0.2) is 0 Å². The number of aromatic nitrogens is 3. The molecule has 158 valence electrons. The fraction of sp³-hybridized carbons (Fsp3) is 0.571. The third-order valence-electron chi connectivity index (χ3n) is 5.57. The van der Waals surface area contributed by atoms with Gasteiger partial charge in [0.05, 0.1) is 23.1 Å². The Morgan fingerprint density at radius 2 is 2.14 bits per heavy atom. The second-order valence-corrected chi connectivity index (χ2v) is 8.02. The van der Waals surface area contributed by atoms with E-state index in [0.717, 1.165) is 42.0 Å². The van der Waals surface area contributed by atoms with E-state index in [1.807, 2.05) is 24.8 Å². The zero-order valence-corrected chi connectivity index (χ0v) is 17.9. The number of hydrogen-bond donors (Lipinski definition) is 2. The molecule has 0 aliphatic carbocycles. The number of hydrogen-bond acceptors (Lipinski definition) is 4. The summed E-state index contributed by atoms with van der Waals surface area (Å²) >= 11 is 0. The maximum absolute atomic E-state index is 13.3. The summed E-state index contributed by atoms with van der Waals surface area (Å²) in [7, 11) is 1.48. The molecule has 1 atom stereocenters. The molecule has 29 heavy (non-hydrogen) atoms. The van der Waals surface area contributed by atoms with Crippen molar-refractivity contribution in [1.29, 1.82) is 0 Å². The van der Waals surface area contributed by atoms with E-state index in [1.165, 1.54) is 7.11 Å². The molecule has 0 saturated carbocycles. The number of aromatic amines is 1. The first kappa shape index (κ1) is 21.1. The normalized spacial score (nSPS) is 17.0. The summed E-state index contributed by atoms with van der Waals surface area (Å²) in [6.07, 6.45) is 3.45. The highest BCUT2D eigenvalue weighted by Gasteiger charge is 2.30. The number of nitrogens with zero attached hydrogens (tertiary/aromatic N) is 3. The lowest BCUT2D eigenvalue weighted by molar-refractivity contribution is -0.119. The number of likely N-dealkylation sites (tertiary alicyclic amines) is 1. The van der Waals surface area contributed by atoms with Crippen LogP contribution in [-0.2, 0) is 9.53 Å². The standard InChI is InChI=1S/C21H31N5O3/c1-13(2)26-14(3)9-17(15(26)4)21(28)25-8-6-7-16(11-25)20-18(10-22-24-20)23-19(27)12-29-5/h9-10,13,16H,6-8,11-12H2,1-5H3,(H,22,24)(H,23,27)/t16-/m1/s1. The van der Waals surface area contributed by atoms with Crippen LogP contribution >= 0.6 is 0 Å². The molecule has 3 heterocycles. The molecule has 1 aliphatic rings. The molecule has 0 unspecified atom stereocenters. The van der Waals surface area contributed by atoms with E-state index < -0.39 is 0 Å². The number of piperidine rings is 1. The Morgan fingerprint density at radius 3 is 2.79 bits per heavy atom. The van der Waals surface area contributed by atoms with Crippen molar-refractivity contribution in [3.63, 3.8) is 0 Å². The fourth-order valence-electron chi connectivity index (χ4n) is 4.38. The van der Waals surface area contributed by atoms with E-state index in [1.54, 1.807) is 6.20 Å². The smallest absolute Gasteiger partial charge is 0.255 e. The van der Waals surface area contributed by atoms with E-state index in [9.17, 15) is 9.59 Å². The largest absolute Gasteiger partial charge is 0.375 e. The van der Waals surface area contributed by atoms with E-state index in [2.05, 4.69) is 33.9 Å². The minimum atomic E-state index is -0.222. The molecule has 2 N–H and O–H groups in total. The van der Waals surface area contributed by atoms with Gasteiger partial charge < -0.3 is 19.5 Å². The predicted molar refractivity (Wildman–Crippen MR) is 111 cm³/mol. The quantitative estimate of drug-likeness (QED) is 0.778. The summed E-state index contributed by atoms with van der Waals surface area (Å²) in [4.78, 5) is 27.1. The molecule has 0 aromatic carbocycles. The first-order chi connectivity index (χ1) is 13.8. The van der Waals surface area contributed by atoms with Crippen LogP contribution in [0.3, 0.4) is 0 Å². The van der Waals surface area contributed by atoms with Crippen molar-refractivity contribution in [2.24, 2.45) is 0 Å². The van der Waals surface area contributed by atoms with Crippen LogP contribution in [0.2, 0.25) is 0 Å². The summed E-state index contributed by atoms with van der Waals surface area (Å²) in [5.41, 5.74) is 4.41. The van der Waals surface area contributed by atoms with Gasteiger partial charge >= 0.3 is 0 Å². The van der Waals surface area contributed by atoms with Crippen LogP contribution in [-0.4, -0.2) is 58.3 Å². The molecule has 0 bridgehead atoms. The molecule has 2 amide bonds. The molecule has 0 radical (unpaired) electrons. The Balaban J connectivity index is 1.77. The lowest BCUT2D eigenvalue weighted by atomic mass is 9.93. The Morgan fingerprint density at radius 1 is 1.38 bits per heavy atom. The highest BCUT2D eigenvalue weighted by molar-refractivity contribution is 5.96. The summed E-state index contributed by atoms with van der Waals surface area (Å²) in [5.74, 6) is -0.0548. The Kier molecular flexibility index (Phi) is 6.42. The van der Waals surface area contributed by atoms with Gasteiger partial charge in [-0.1, -0.05) is 0 Å². The molecule has 8 heteroatoms. The van der Waals surface area contributed by atoms with Crippen LogP contribution < -0.4 is 5.32 Å². The van der Waals surface area contributed by atoms with Gasteiger partial charge in [0.2, 0.25) is 5.91 Å². The molecule has 0 spiro atoms. The van der Waals surface area contributed by atoms with Crippen LogP contribution in [0.1, 0.15) is 66.1 Å². The van der Waals surface area contributed by atoms with Crippen LogP contribution in [0.15, 0.2) is 12.3 Å². The minimum Gasteiger partial charge on any atom is -0.375 e. The van der Waals surface area contributed by atoms with Crippen molar-refractivity contribution in [2.75, 3.05) is 32.1 Å². The number of aryl methyl sites for hydroxylation is 1. The average Bonchev–Trinajstić information content (AvgIpc) is 3.25.